The lowest BCUT2D eigenvalue weighted by Gasteiger charge is -2.19. The quantitative estimate of drug-likeness (QED) is 0.938. The van der Waals surface area contributed by atoms with E-state index in [1.807, 2.05) is 30.3 Å². The van der Waals surface area contributed by atoms with E-state index in [2.05, 4.69) is 0 Å². The maximum Gasteiger partial charge on any atom is 0.414 e. The predicted octanol–water partition coefficient (Wildman–Crippen LogP) is 3.47. The van der Waals surface area contributed by atoms with Crippen molar-refractivity contribution in [2.75, 3.05) is 11.9 Å². The smallest absolute Gasteiger partial charge is 0.414 e. The van der Waals surface area contributed by atoms with Gasteiger partial charge in [0.05, 0.1) is 5.56 Å². The molecule has 1 amide bonds. The summed E-state index contributed by atoms with van der Waals surface area (Å²) >= 11 is 0. The molecule has 5 heteroatoms. The highest BCUT2D eigenvalue weighted by Gasteiger charge is 2.15. The van der Waals surface area contributed by atoms with Gasteiger partial charge in [0.1, 0.15) is 6.61 Å². The van der Waals surface area contributed by atoms with Crippen molar-refractivity contribution in [1.82, 2.24) is 0 Å². The summed E-state index contributed by atoms with van der Waals surface area (Å²) in [5.41, 5.74) is 2.40. The van der Waals surface area contributed by atoms with Crippen LogP contribution in [0.2, 0.25) is 0 Å². The predicted molar refractivity (Wildman–Crippen MR) is 83.2 cm³/mol. The van der Waals surface area contributed by atoms with Crippen LogP contribution in [0.25, 0.3) is 0 Å². The third kappa shape index (κ3) is 3.63. The van der Waals surface area contributed by atoms with Crippen LogP contribution < -0.4 is 4.90 Å². The molecule has 0 bridgehead atoms. The zero-order valence-corrected chi connectivity index (χ0v) is 12.4. The van der Waals surface area contributed by atoms with Crippen LogP contribution in [0.15, 0.2) is 48.5 Å². The van der Waals surface area contributed by atoms with Crippen molar-refractivity contribution in [2.45, 2.75) is 13.5 Å². The number of rotatable bonds is 4. The van der Waals surface area contributed by atoms with Crippen LogP contribution in [-0.2, 0) is 11.3 Å². The lowest BCUT2D eigenvalue weighted by atomic mass is 10.1. The molecule has 0 saturated carbocycles. The summed E-state index contributed by atoms with van der Waals surface area (Å²) in [6, 6.07) is 14.0. The molecule has 0 aliphatic rings. The molecule has 0 aliphatic heterocycles. The Bertz CT molecular complexity index is 682. The van der Waals surface area contributed by atoms with Gasteiger partial charge in [-0.15, -0.1) is 0 Å². The van der Waals surface area contributed by atoms with Crippen molar-refractivity contribution >= 4 is 17.7 Å². The van der Waals surface area contributed by atoms with Crippen molar-refractivity contribution in [1.29, 1.82) is 0 Å². The third-order valence-corrected chi connectivity index (χ3v) is 3.28. The lowest BCUT2D eigenvalue weighted by molar-refractivity contribution is 0.0696. The number of aryl methyl sites for hydroxylation is 1. The van der Waals surface area contributed by atoms with E-state index in [-0.39, 0.29) is 12.2 Å². The first-order valence-electron chi connectivity index (χ1n) is 6.77. The number of carbonyl (C=O) groups is 2. The first kappa shape index (κ1) is 15.6. The number of hydrogen-bond acceptors (Lipinski definition) is 3. The van der Waals surface area contributed by atoms with E-state index in [1.54, 1.807) is 20.0 Å². The molecule has 22 heavy (non-hydrogen) atoms. The van der Waals surface area contributed by atoms with Gasteiger partial charge in [-0.2, -0.15) is 0 Å². The molecule has 0 unspecified atom stereocenters. The van der Waals surface area contributed by atoms with Gasteiger partial charge in [0.25, 0.3) is 0 Å². The highest BCUT2D eigenvalue weighted by atomic mass is 16.6. The number of ether oxygens (including phenoxy) is 1. The van der Waals surface area contributed by atoms with Crippen LogP contribution in [-0.4, -0.2) is 24.2 Å². The normalized spacial score (nSPS) is 10.1. The molecule has 0 aromatic heterocycles. The number of amides is 1. The molecule has 114 valence electrons. The average molecular weight is 299 g/mol. The molecule has 0 heterocycles. The van der Waals surface area contributed by atoms with Crippen molar-refractivity contribution in [2.24, 2.45) is 0 Å². The Balaban J connectivity index is 2.05. The molecule has 2 aromatic rings. The van der Waals surface area contributed by atoms with E-state index in [0.29, 0.717) is 11.3 Å². The Kier molecular flexibility index (Phi) is 4.78. The van der Waals surface area contributed by atoms with Gasteiger partial charge >= 0.3 is 12.1 Å². The Hall–Kier alpha value is -2.82. The summed E-state index contributed by atoms with van der Waals surface area (Å²) < 4.78 is 5.25. The van der Waals surface area contributed by atoms with Crippen molar-refractivity contribution in [3.05, 3.63) is 65.2 Å². The van der Waals surface area contributed by atoms with Crippen LogP contribution in [0.5, 0.6) is 0 Å². The second kappa shape index (κ2) is 6.76. The summed E-state index contributed by atoms with van der Waals surface area (Å²) in [5, 5.41) is 8.95. The van der Waals surface area contributed by atoms with Gasteiger partial charge in [0.2, 0.25) is 0 Å². The highest BCUT2D eigenvalue weighted by molar-refractivity contribution is 5.91. The molecule has 0 saturated heterocycles. The van der Waals surface area contributed by atoms with Gasteiger partial charge < -0.3 is 9.84 Å². The second-order valence-corrected chi connectivity index (χ2v) is 4.91. The molecular weight excluding hydrogens is 282 g/mol. The molecule has 2 aromatic carbocycles. The number of carboxylic acid groups (broad SMARTS) is 1. The zero-order chi connectivity index (χ0) is 16.1. The van der Waals surface area contributed by atoms with Crippen molar-refractivity contribution in [3.63, 3.8) is 0 Å². The fourth-order valence-electron chi connectivity index (χ4n) is 2.08. The Labute approximate surface area is 128 Å². The molecule has 0 fully saturated rings. The van der Waals surface area contributed by atoms with E-state index < -0.39 is 12.1 Å². The topological polar surface area (TPSA) is 66.8 Å². The van der Waals surface area contributed by atoms with Gasteiger partial charge in [-0.1, -0.05) is 30.3 Å². The average Bonchev–Trinajstić information content (AvgIpc) is 2.52. The minimum atomic E-state index is -0.996. The van der Waals surface area contributed by atoms with Crippen molar-refractivity contribution < 1.29 is 19.4 Å². The van der Waals surface area contributed by atoms with Gasteiger partial charge in [-0.3, -0.25) is 4.90 Å². The molecule has 2 rings (SSSR count). The maximum atomic E-state index is 12.1. The van der Waals surface area contributed by atoms with E-state index in [1.165, 1.54) is 17.0 Å². The fraction of sp³-hybridized carbons (Fsp3) is 0.176. The Morgan fingerprint density at radius 1 is 1.14 bits per heavy atom. The molecular formula is C17H17NO4. The van der Waals surface area contributed by atoms with E-state index in [9.17, 15) is 9.59 Å². The minimum Gasteiger partial charge on any atom is -0.478 e. The van der Waals surface area contributed by atoms with Gasteiger partial charge in [-0.25, -0.2) is 9.59 Å². The van der Waals surface area contributed by atoms with Crippen LogP contribution in [0.4, 0.5) is 10.5 Å². The number of carbonyl (C=O) groups excluding carboxylic acids is 1. The molecule has 0 atom stereocenters. The lowest BCUT2D eigenvalue weighted by Crippen LogP contribution is -2.27. The minimum absolute atomic E-state index is 0.187. The first-order chi connectivity index (χ1) is 10.5. The summed E-state index contributed by atoms with van der Waals surface area (Å²) in [4.78, 5) is 24.4. The molecule has 0 radical (unpaired) electrons. The van der Waals surface area contributed by atoms with Crippen molar-refractivity contribution in [3.8, 4) is 0 Å². The fourth-order valence-corrected chi connectivity index (χ4v) is 2.08. The number of benzene rings is 2. The summed E-state index contributed by atoms with van der Waals surface area (Å²) in [7, 11) is 1.59. The van der Waals surface area contributed by atoms with Gasteiger partial charge in [0, 0.05) is 12.7 Å². The van der Waals surface area contributed by atoms with E-state index >= 15 is 0 Å². The number of hydrogen-bond donors (Lipinski definition) is 1. The molecule has 1 N–H and O–H groups in total. The Morgan fingerprint density at radius 3 is 2.41 bits per heavy atom. The van der Waals surface area contributed by atoms with E-state index in [0.717, 1.165) is 5.56 Å². The number of carboxylic acids is 1. The van der Waals surface area contributed by atoms with Crippen LogP contribution >= 0.6 is 0 Å². The van der Waals surface area contributed by atoms with Crippen LogP contribution in [0.3, 0.4) is 0 Å². The zero-order valence-electron chi connectivity index (χ0n) is 12.4. The molecule has 0 aliphatic carbocycles. The third-order valence-electron chi connectivity index (χ3n) is 3.28. The monoisotopic (exact) mass is 299 g/mol. The van der Waals surface area contributed by atoms with E-state index in [4.69, 9.17) is 9.84 Å². The second-order valence-electron chi connectivity index (χ2n) is 4.91. The summed E-state index contributed by atoms with van der Waals surface area (Å²) in [5.74, 6) is -0.996. The molecule has 5 nitrogen and oxygen atoms in total. The van der Waals surface area contributed by atoms with Crippen LogP contribution in [0, 0.1) is 6.92 Å². The van der Waals surface area contributed by atoms with Gasteiger partial charge in [-0.05, 0) is 36.2 Å². The van der Waals surface area contributed by atoms with Crippen LogP contribution in [0.1, 0.15) is 21.5 Å². The first-order valence-corrected chi connectivity index (χ1v) is 6.77. The number of anilines is 1. The largest absolute Gasteiger partial charge is 0.478 e. The highest BCUT2D eigenvalue weighted by Crippen LogP contribution is 2.21. The van der Waals surface area contributed by atoms with Gasteiger partial charge in [0.15, 0.2) is 0 Å². The molecule has 0 spiro atoms. The number of nitrogens with zero attached hydrogens (tertiary/aromatic N) is 1. The number of aromatic carboxylic acids is 1. The summed E-state index contributed by atoms with van der Waals surface area (Å²) in [6.45, 7) is 1.94. The SMILES string of the molecule is Cc1cc(C(=O)O)ccc1N(C)C(=O)OCc1ccccc1. The maximum absolute atomic E-state index is 12.1. The standard InChI is InChI=1S/C17H17NO4/c1-12-10-14(16(19)20)8-9-15(12)18(2)17(21)22-11-13-6-4-3-5-7-13/h3-10H,11H2,1-2H3,(H,19,20). The Morgan fingerprint density at radius 2 is 1.82 bits per heavy atom. The summed E-state index contributed by atoms with van der Waals surface area (Å²) in [6.07, 6.45) is -0.491.